The van der Waals surface area contributed by atoms with Crippen LogP contribution in [-0.2, 0) is 11.3 Å². The van der Waals surface area contributed by atoms with E-state index in [1.807, 2.05) is 53.4 Å². The smallest absolute Gasteiger partial charge is 0.227 e. The van der Waals surface area contributed by atoms with E-state index in [-0.39, 0.29) is 11.8 Å². The van der Waals surface area contributed by atoms with Gasteiger partial charge in [-0.15, -0.1) is 0 Å². The monoisotopic (exact) mass is 463 g/mol. The van der Waals surface area contributed by atoms with E-state index in [9.17, 15) is 4.79 Å². The van der Waals surface area contributed by atoms with Crippen molar-refractivity contribution in [3.8, 4) is 0 Å². The standard InChI is InChI=1S/C26H23Cl2N3O/c1-16-6-5-9-23(17(16)2)30-15-19(13-25(30)32)26-29-22-7-3-4-8-24(22)31(26)14-18-10-11-20(27)21(28)12-18/h3-12,19H,13-15H2,1-2H3. The number of amides is 1. The summed E-state index contributed by atoms with van der Waals surface area (Å²) in [5.41, 5.74) is 6.34. The van der Waals surface area contributed by atoms with Crippen molar-refractivity contribution in [3.63, 3.8) is 0 Å². The predicted octanol–water partition coefficient (Wildman–Crippen LogP) is 6.53. The predicted molar refractivity (Wildman–Crippen MR) is 131 cm³/mol. The van der Waals surface area contributed by atoms with Crippen molar-refractivity contribution in [2.24, 2.45) is 0 Å². The van der Waals surface area contributed by atoms with Crippen LogP contribution in [0.1, 0.15) is 34.9 Å². The lowest BCUT2D eigenvalue weighted by Gasteiger charge is -2.20. The Labute approximate surface area is 197 Å². The van der Waals surface area contributed by atoms with Gasteiger partial charge in [0.2, 0.25) is 5.91 Å². The average molecular weight is 464 g/mol. The van der Waals surface area contributed by atoms with Gasteiger partial charge in [0.05, 0.1) is 21.1 Å². The van der Waals surface area contributed by atoms with Gasteiger partial charge in [0.25, 0.3) is 0 Å². The Hall–Kier alpha value is -2.82. The maximum absolute atomic E-state index is 13.0. The minimum absolute atomic E-state index is 0.0117. The van der Waals surface area contributed by atoms with Crippen LogP contribution < -0.4 is 4.90 Å². The molecule has 1 aliphatic heterocycles. The van der Waals surface area contributed by atoms with Crippen molar-refractivity contribution in [1.29, 1.82) is 0 Å². The Balaban J connectivity index is 1.54. The molecule has 2 heterocycles. The molecule has 1 amide bonds. The number of aryl methyl sites for hydroxylation is 1. The molecule has 32 heavy (non-hydrogen) atoms. The molecule has 4 nitrogen and oxygen atoms in total. The van der Waals surface area contributed by atoms with Crippen LogP contribution in [0, 0.1) is 13.8 Å². The second-order valence-corrected chi connectivity index (χ2v) is 9.23. The topological polar surface area (TPSA) is 38.1 Å². The highest BCUT2D eigenvalue weighted by Crippen LogP contribution is 2.35. The van der Waals surface area contributed by atoms with Crippen molar-refractivity contribution < 1.29 is 4.79 Å². The molecule has 0 spiro atoms. The number of rotatable bonds is 4. The molecule has 6 heteroatoms. The van der Waals surface area contributed by atoms with E-state index < -0.39 is 0 Å². The fraction of sp³-hybridized carbons (Fsp3) is 0.231. The van der Waals surface area contributed by atoms with Gasteiger partial charge in [-0.1, -0.05) is 53.5 Å². The van der Waals surface area contributed by atoms with Crippen LogP contribution in [0.4, 0.5) is 5.69 Å². The lowest BCUT2D eigenvalue weighted by atomic mass is 10.1. The molecular formula is C26H23Cl2N3O. The summed E-state index contributed by atoms with van der Waals surface area (Å²) in [5, 5.41) is 1.07. The number of fused-ring (bicyclic) bond motifs is 1. The number of hydrogen-bond donors (Lipinski definition) is 0. The van der Waals surface area contributed by atoms with Gasteiger partial charge in [-0.3, -0.25) is 4.79 Å². The molecule has 1 unspecified atom stereocenters. The number of anilines is 1. The number of halogens is 2. The molecule has 1 fully saturated rings. The molecule has 1 aliphatic rings. The van der Waals surface area contributed by atoms with E-state index in [0.29, 0.717) is 29.6 Å². The minimum Gasteiger partial charge on any atom is -0.323 e. The summed E-state index contributed by atoms with van der Waals surface area (Å²) in [6.45, 7) is 5.38. The van der Waals surface area contributed by atoms with E-state index in [1.165, 1.54) is 5.56 Å². The van der Waals surface area contributed by atoms with E-state index in [0.717, 1.165) is 33.7 Å². The summed E-state index contributed by atoms with van der Waals surface area (Å²) in [6.07, 6.45) is 0.443. The summed E-state index contributed by atoms with van der Waals surface area (Å²) in [4.78, 5) is 19.9. The third-order valence-electron chi connectivity index (χ3n) is 6.37. The van der Waals surface area contributed by atoms with Crippen LogP contribution in [-0.4, -0.2) is 22.0 Å². The van der Waals surface area contributed by atoms with Gasteiger partial charge in [0.15, 0.2) is 0 Å². The van der Waals surface area contributed by atoms with E-state index >= 15 is 0 Å². The normalized spacial score (nSPS) is 16.3. The number of benzene rings is 3. The summed E-state index contributed by atoms with van der Waals surface area (Å²) in [5.74, 6) is 1.08. The first-order chi connectivity index (χ1) is 15.4. The molecule has 162 valence electrons. The molecule has 0 saturated carbocycles. The van der Waals surface area contributed by atoms with Gasteiger partial charge in [-0.25, -0.2) is 4.98 Å². The second kappa shape index (κ2) is 8.27. The van der Waals surface area contributed by atoms with Gasteiger partial charge in [-0.05, 0) is 60.9 Å². The number of imidazole rings is 1. The molecule has 0 bridgehead atoms. The van der Waals surface area contributed by atoms with Crippen LogP contribution in [0.2, 0.25) is 10.0 Å². The number of hydrogen-bond acceptors (Lipinski definition) is 2. The quantitative estimate of drug-likeness (QED) is 0.345. The Morgan fingerprint density at radius 2 is 1.81 bits per heavy atom. The molecule has 3 aromatic carbocycles. The third-order valence-corrected chi connectivity index (χ3v) is 7.10. The molecule has 1 saturated heterocycles. The van der Waals surface area contributed by atoms with Crippen LogP contribution >= 0.6 is 23.2 Å². The first-order valence-corrected chi connectivity index (χ1v) is 11.4. The Kier molecular flexibility index (Phi) is 5.44. The van der Waals surface area contributed by atoms with E-state index in [2.05, 4.69) is 30.5 Å². The fourth-order valence-electron chi connectivity index (χ4n) is 4.53. The molecule has 4 aromatic rings. The zero-order valence-corrected chi connectivity index (χ0v) is 19.5. The van der Waals surface area contributed by atoms with E-state index in [4.69, 9.17) is 28.2 Å². The Bertz CT molecular complexity index is 1340. The van der Waals surface area contributed by atoms with Crippen LogP contribution in [0.25, 0.3) is 11.0 Å². The fourth-order valence-corrected chi connectivity index (χ4v) is 4.85. The van der Waals surface area contributed by atoms with Gasteiger partial charge in [0.1, 0.15) is 5.82 Å². The van der Waals surface area contributed by atoms with E-state index in [1.54, 1.807) is 0 Å². The van der Waals surface area contributed by atoms with Gasteiger partial charge < -0.3 is 9.47 Å². The summed E-state index contributed by atoms with van der Waals surface area (Å²) < 4.78 is 2.21. The maximum Gasteiger partial charge on any atom is 0.227 e. The van der Waals surface area contributed by atoms with Crippen LogP contribution in [0.15, 0.2) is 60.7 Å². The van der Waals surface area contributed by atoms with Gasteiger partial charge >= 0.3 is 0 Å². The largest absolute Gasteiger partial charge is 0.323 e. The SMILES string of the molecule is Cc1cccc(N2CC(c3nc4ccccc4n3Cc3ccc(Cl)c(Cl)c3)CC2=O)c1C. The first kappa shape index (κ1) is 21.0. The van der Waals surface area contributed by atoms with Crippen molar-refractivity contribution >= 4 is 45.8 Å². The summed E-state index contributed by atoms with van der Waals surface area (Å²) in [6, 6.07) is 19.9. The lowest BCUT2D eigenvalue weighted by Crippen LogP contribution is -2.25. The molecule has 1 atom stereocenters. The number of para-hydroxylation sites is 2. The number of nitrogens with zero attached hydrogens (tertiary/aromatic N) is 3. The molecule has 1 aromatic heterocycles. The first-order valence-electron chi connectivity index (χ1n) is 10.7. The van der Waals surface area contributed by atoms with Crippen molar-refractivity contribution in [2.45, 2.75) is 32.7 Å². The zero-order valence-electron chi connectivity index (χ0n) is 18.0. The van der Waals surface area contributed by atoms with Crippen molar-refractivity contribution in [1.82, 2.24) is 9.55 Å². The summed E-state index contributed by atoms with van der Waals surface area (Å²) in [7, 11) is 0. The Morgan fingerprint density at radius 1 is 1.00 bits per heavy atom. The highest BCUT2D eigenvalue weighted by atomic mass is 35.5. The highest BCUT2D eigenvalue weighted by Gasteiger charge is 2.35. The third kappa shape index (κ3) is 3.68. The van der Waals surface area contributed by atoms with Crippen LogP contribution in [0.5, 0.6) is 0 Å². The Morgan fingerprint density at radius 3 is 2.62 bits per heavy atom. The maximum atomic E-state index is 13.0. The molecular weight excluding hydrogens is 441 g/mol. The van der Waals surface area contributed by atoms with Crippen molar-refractivity contribution in [2.75, 3.05) is 11.4 Å². The number of aromatic nitrogens is 2. The number of carbonyl (C=O) groups excluding carboxylic acids is 1. The molecule has 5 rings (SSSR count). The van der Waals surface area contributed by atoms with Gasteiger partial charge in [0, 0.05) is 31.1 Å². The zero-order chi connectivity index (χ0) is 22.4. The van der Waals surface area contributed by atoms with Crippen LogP contribution in [0.3, 0.4) is 0 Å². The molecule has 0 N–H and O–H groups in total. The molecule has 0 radical (unpaired) electrons. The minimum atomic E-state index is 0.0117. The average Bonchev–Trinajstić information content (AvgIpc) is 3.33. The molecule has 0 aliphatic carbocycles. The lowest BCUT2D eigenvalue weighted by molar-refractivity contribution is -0.117. The highest BCUT2D eigenvalue weighted by molar-refractivity contribution is 6.42. The van der Waals surface area contributed by atoms with Gasteiger partial charge in [-0.2, -0.15) is 0 Å². The number of carbonyl (C=O) groups is 1. The summed E-state index contributed by atoms with van der Waals surface area (Å²) >= 11 is 12.4. The second-order valence-electron chi connectivity index (χ2n) is 8.42. The van der Waals surface area contributed by atoms with Crippen molar-refractivity contribution in [3.05, 3.63) is 93.2 Å².